The van der Waals surface area contributed by atoms with Crippen LogP contribution in [0, 0.1) is 5.92 Å². The monoisotopic (exact) mass is 190 g/mol. The van der Waals surface area contributed by atoms with Crippen molar-refractivity contribution >= 4 is 12.4 Å². The quantitative estimate of drug-likeness (QED) is 0.405. The topological polar surface area (TPSA) is 60.8 Å². The number of nitrogens with one attached hydrogen (secondary N) is 1. The lowest BCUT2D eigenvalue weighted by Crippen LogP contribution is -2.22. The lowest BCUT2D eigenvalue weighted by molar-refractivity contribution is 0.490. The predicted molar refractivity (Wildman–Crippen MR) is 51.5 cm³/mol. The summed E-state index contributed by atoms with van der Waals surface area (Å²) < 4.78 is 0. The Hall–Kier alpha value is -0.440. The summed E-state index contributed by atoms with van der Waals surface area (Å²) in [6.45, 7) is 2.79. The van der Waals surface area contributed by atoms with Crippen molar-refractivity contribution in [2.45, 2.75) is 19.3 Å². The molecule has 0 aliphatic carbocycles. The second-order valence-electron chi connectivity index (χ2n) is 2.98. The third-order valence-corrected chi connectivity index (χ3v) is 2.05. The van der Waals surface area contributed by atoms with Crippen LogP contribution in [0.5, 0.6) is 0 Å². The van der Waals surface area contributed by atoms with Gasteiger partial charge in [0.15, 0.2) is 0 Å². The van der Waals surface area contributed by atoms with Crippen LogP contribution in [-0.4, -0.2) is 19.6 Å². The number of azide groups is 1. The molecular weight excluding hydrogens is 176 g/mol. The number of rotatable bonds is 2. The van der Waals surface area contributed by atoms with Gasteiger partial charge in [0.2, 0.25) is 0 Å². The van der Waals surface area contributed by atoms with E-state index in [1.807, 2.05) is 0 Å². The molecule has 12 heavy (non-hydrogen) atoms. The summed E-state index contributed by atoms with van der Waals surface area (Å²) in [7, 11) is 0. The predicted octanol–water partition coefficient (Wildman–Crippen LogP) is 2.11. The summed E-state index contributed by atoms with van der Waals surface area (Å²) >= 11 is 0. The molecule has 1 N–H and O–H groups in total. The van der Waals surface area contributed by atoms with Gasteiger partial charge in [0, 0.05) is 11.5 Å². The van der Waals surface area contributed by atoms with Gasteiger partial charge in [-0.25, -0.2) is 0 Å². The SMILES string of the molecule is Cl.[N-]=[N+]=NCC1CCCCNC1. The molecule has 1 rings (SSSR count). The van der Waals surface area contributed by atoms with Crippen LogP contribution in [0.1, 0.15) is 19.3 Å². The highest BCUT2D eigenvalue weighted by atomic mass is 35.5. The molecule has 0 radical (unpaired) electrons. The Labute approximate surface area is 78.8 Å². The minimum absolute atomic E-state index is 0. The lowest BCUT2D eigenvalue weighted by Gasteiger charge is -2.09. The van der Waals surface area contributed by atoms with Crippen molar-refractivity contribution in [3.63, 3.8) is 0 Å². The van der Waals surface area contributed by atoms with Crippen molar-refractivity contribution in [1.82, 2.24) is 5.32 Å². The summed E-state index contributed by atoms with van der Waals surface area (Å²) in [5.74, 6) is 0.563. The first-order valence-electron chi connectivity index (χ1n) is 4.15. The number of hydrogen-bond donors (Lipinski definition) is 1. The molecule has 1 unspecified atom stereocenters. The maximum absolute atomic E-state index is 8.11. The molecule has 1 heterocycles. The van der Waals surface area contributed by atoms with Crippen LogP contribution in [0.3, 0.4) is 0 Å². The summed E-state index contributed by atoms with van der Waals surface area (Å²) in [5, 5.41) is 6.90. The van der Waals surface area contributed by atoms with Crippen LogP contribution in [0.25, 0.3) is 10.4 Å². The van der Waals surface area contributed by atoms with Crippen molar-refractivity contribution in [1.29, 1.82) is 0 Å². The number of hydrogen-bond acceptors (Lipinski definition) is 2. The summed E-state index contributed by atoms with van der Waals surface area (Å²) in [6.07, 6.45) is 3.72. The Bertz CT molecular complexity index is 147. The van der Waals surface area contributed by atoms with Crippen molar-refractivity contribution in [3.8, 4) is 0 Å². The molecule has 0 saturated carbocycles. The van der Waals surface area contributed by atoms with Crippen molar-refractivity contribution in [3.05, 3.63) is 10.4 Å². The third kappa shape index (κ3) is 4.44. The highest BCUT2D eigenvalue weighted by molar-refractivity contribution is 5.85. The van der Waals surface area contributed by atoms with E-state index < -0.39 is 0 Å². The van der Waals surface area contributed by atoms with E-state index in [1.165, 1.54) is 19.3 Å². The van der Waals surface area contributed by atoms with E-state index in [4.69, 9.17) is 5.53 Å². The molecule has 4 nitrogen and oxygen atoms in total. The van der Waals surface area contributed by atoms with E-state index in [-0.39, 0.29) is 12.4 Å². The van der Waals surface area contributed by atoms with Gasteiger partial charge >= 0.3 is 0 Å². The van der Waals surface area contributed by atoms with Gasteiger partial charge in [0.1, 0.15) is 0 Å². The molecule has 5 heteroatoms. The van der Waals surface area contributed by atoms with Crippen LogP contribution in [0.4, 0.5) is 0 Å². The lowest BCUT2D eigenvalue weighted by atomic mass is 10.0. The number of halogens is 1. The van der Waals surface area contributed by atoms with Crippen LogP contribution in [0.2, 0.25) is 0 Å². The molecule has 1 saturated heterocycles. The first-order chi connectivity index (χ1) is 5.43. The molecule has 0 spiro atoms. The van der Waals surface area contributed by atoms with Crippen molar-refractivity contribution in [2.24, 2.45) is 11.0 Å². The van der Waals surface area contributed by atoms with Crippen molar-refractivity contribution < 1.29 is 0 Å². The summed E-state index contributed by atoms with van der Waals surface area (Å²) in [4.78, 5) is 2.76. The van der Waals surface area contributed by atoms with Gasteiger partial charge < -0.3 is 5.32 Å². The summed E-state index contributed by atoms with van der Waals surface area (Å²) in [5.41, 5.74) is 8.11. The molecule has 70 valence electrons. The maximum Gasteiger partial charge on any atom is 0.0298 e. The average Bonchev–Trinajstić information content (AvgIpc) is 2.28. The van der Waals surface area contributed by atoms with Gasteiger partial charge in [-0.2, -0.15) is 0 Å². The highest BCUT2D eigenvalue weighted by Gasteiger charge is 2.09. The zero-order chi connectivity index (χ0) is 7.94. The van der Waals surface area contributed by atoms with E-state index in [0.29, 0.717) is 12.5 Å². The molecule has 0 bridgehead atoms. The molecule has 1 fully saturated rings. The van der Waals surface area contributed by atoms with Gasteiger partial charge in [0.05, 0.1) is 0 Å². The minimum atomic E-state index is 0. The van der Waals surface area contributed by atoms with Crippen LogP contribution in [0.15, 0.2) is 5.11 Å². The molecule has 0 aromatic heterocycles. The molecular formula is C7H15ClN4. The second kappa shape index (κ2) is 7.22. The van der Waals surface area contributed by atoms with Gasteiger partial charge in [-0.1, -0.05) is 11.5 Å². The third-order valence-electron chi connectivity index (χ3n) is 2.05. The maximum atomic E-state index is 8.11. The summed E-state index contributed by atoms with van der Waals surface area (Å²) in [6, 6.07) is 0. The van der Waals surface area contributed by atoms with E-state index in [0.717, 1.165) is 13.1 Å². The zero-order valence-electron chi connectivity index (χ0n) is 7.07. The molecule has 0 amide bonds. The minimum Gasteiger partial charge on any atom is -0.316 e. The fourth-order valence-corrected chi connectivity index (χ4v) is 1.40. The van der Waals surface area contributed by atoms with E-state index in [9.17, 15) is 0 Å². The van der Waals surface area contributed by atoms with Gasteiger partial charge in [-0.15, -0.1) is 12.4 Å². The highest BCUT2D eigenvalue weighted by Crippen LogP contribution is 2.11. The molecule has 0 aromatic rings. The fraction of sp³-hybridized carbons (Fsp3) is 1.00. The Morgan fingerprint density at radius 1 is 1.50 bits per heavy atom. The molecule has 0 aromatic carbocycles. The zero-order valence-corrected chi connectivity index (χ0v) is 7.89. The van der Waals surface area contributed by atoms with Gasteiger partial charge in [-0.05, 0) is 37.4 Å². The second-order valence-corrected chi connectivity index (χ2v) is 2.98. The first-order valence-corrected chi connectivity index (χ1v) is 4.15. The Kier molecular flexibility index (Phi) is 6.96. The van der Waals surface area contributed by atoms with Crippen LogP contribution >= 0.6 is 12.4 Å². The number of nitrogens with zero attached hydrogens (tertiary/aromatic N) is 3. The molecule has 1 aliphatic rings. The van der Waals surface area contributed by atoms with Crippen molar-refractivity contribution in [2.75, 3.05) is 19.6 Å². The Balaban J connectivity index is 0.00000121. The standard InChI is InChI=1S/C7H14N4.ClH/c8-11-10-6-7-3-1-2-4-9-5-7;/h7,9H,1-6H2;1H. The van der Waals surface area contributed by atoms with Gasteiger partial charge in [-0.3, -0.25) is 0 Å². The smallest absolute Gasteiger partial charge is 0.0298 e. The normalized spacial score (nSPS) is 23.2. The Morgan fingerprint density at radius 2 is 2.33 bits per heavy atom. The first kappa shape index (κ1) is 11.6. The average molecular weight is 191 g/mol. The van der Waals surface area contributed by atoms with Crippen LogP contribution < -0.4 is 5.32 Å². The van der Waals surface area contributed by atoms with E-state index in [1.54, 1.807) is 0 Å². The van der Waals surface area contributed by atoms with Gasteiger partial charge in [0.25, 0.3) is 0 Å². The van der Waals surface area contributed by atoms with E-state index in [2.05, 4.69) is 15.3 Å². The molecule has 1 aliphatic heterocycles. The Morgan fingerprint density at radius 3 is 3.08 bits per heavy atom. The largest absolute Gasteiger partial charge is 0.316 e. The van der Waals surface area contributed by atoms with Crippen LogP contribution in [-0.2, 0) is 0 Å². The fourth-order valence-electron chi connectivity index (χ4n) is 1.40. The molecule has 1 atom stereocenters. The van der Waals surface area contributed by atoms with E-state index >= 15 is 0 Å².